The summed E-state index contributed by atoms with van der Waals surface area (Å²) in [6, 6.07) is 2.02. The predicted octanol–water partition coefficient (Wildman–Crippen LogP) is 3.51. The molecule has 0 spiro atoms. The predicted molar refractivity (Wildman–Crippen MR) is 67.9 cm³/mol. The second-order valence-electron chi connectivity index (χ2n) is 2.64. The van der Waals surface area contributed by atoms with Gasteiger partial charge in [-0.25, -0.2) is 0 Å². The molecule has 0 saturated carbocycles. The molecule has 84 valence electrons. The molecule has 0 aromatic carbocycles. The monoisotopic (exact) mass is 207 g/mol. The SMILES string of the molecule is CC.CC.Cc1cc2c(N)cncc2[nH]1. The summed E-state index contributed by atoms with van der Waals surface area (Å²) in [5, 5.41) is 1.05. The van der Waals surface area contributed by atoms with Gasteiger partial charge in [-0.3, -0.25) is 4.98 Å². The van der Waals surface area contributed by atoms with Crippen LogP contribution < -0.4 is 5.73 Å². The summed E-state index contributed by atoms with van der Waals surface area (Å²) >= 11 is 0. The first-order valence-electron chi connectivity index (χ1n) is 5.46. The molecule has 15 heavy (non-hydrogen) atoms. The molecule has 2 rings (SSSR count). The van der Waals surface area contributed by atoms with E-state index in [4.69, 9.17) is 5.73 Å². The number of H-pyrrole nitrogens is 1. The van der Waals surface area contributed by atoms with Gasteiger partial charge in [0, 0.05) is 11.1 Å². The number of nitrogens with two attached hydrogens (primary N) is 1. The topological polar surface area (TPSA) is 54.7 Å². The maximum absolute atomic E-state index is 5.69. The van der Waals surface area contributed by atoms with E-state index in [0.717, 1.165) is 22.3 Å². The largest absolute Gasteiger partial charge is 0.397 e. The van der Waals surface area contributed by atoms with Crippen LogP contribution >= 0.6 is 0 Å². The summed E-state index contributed by atoms with van der Waals surface area (Å²) in [5.41, 5.74) is 8.53. The van der Waals surface area contributed by atoms with E-state index >= 15 is 0 Å². The normalized spacial score (nSPS) is 8.60. The molecule has 2 heterocycles. The van der Waals surface area contributed by atoms with Crippen LogP contribution in [0, 0.1) is 6.92 Å². The zero-order valence-corrected chi connectivity index (χ0v) is 10.3. The van der Waals surface area contributed by atoms with E-state index in [2.05, 4.69) is 9.97 Å². The lowest BCUT2D eigenvalue weighted by atomic mass is 10.3. The number of nitrogens with zero attached hydrogens (tertiary/aromatic N) is 1. The van der Waals surface area contributed by atoms with Gasteiger partial charge in [-0.15, -0.1) is 0 Å². The fraction of sp³-hybridized carbons (Fsp3) is 0.417. The second-order valence-corrected chi connectivity index (χ2v) is 2.64. The molecule has 3 heteroatoms. The number of aromatic amines is 1. The van der Waals surface area contributed by atoms with Crippen LogP contribution in [0.3, 0.4) is 0 Å². The van der Waals surface area contributed by atoms with Crippen LogP contribution in [0.5, 0.6) is 0 Å². The molecule has 0 aliphatic rings. The zero-order valence-electron chi connectivity index (χ0n) is 10.3. The molecule has 0 bridgehead atoms. The summed E-state index contributed by atoms with van der Waals surface area (Å²) in [7, 11) is 0. The second kappa shape index (κ2) is 6.87. The van der Waals surface area contributed by atoms with Crippen molar-refractivity contribution in [2.75, 3.05) is 5.73 Å². The highest BCUT2D eigenvalue weighted by atomic mass is 14.8. The molecule has 0 atom stereocenters. The maximum Gasteiger partial charge on any atom is 0.0663 e. The molecule has 2 aromatic rings. The molecule has 0 fully saturated rings. The number of hydrogen-bond acceptors (Lipinski definition) is 2. The summed E-state index contributed by atoms with van der Waals surface area (Å²) in [6.45, 7) is 10.00. The molecule has 0 aliphatic carbocycles. The van der Waals surface area contributed by atoms with Crippen molar-refractivity contribution in [1.29, 1.82) is 0 Å². The van der Waals surface area contributed by atoms with E-state index in [9.17, 15) is 0 Å². The van der Waals surface area contributed by atoms with Crippen molar-refractivity contribution < 1.29 is 0 Å². The van der Waals surface area contributed by atoms with Crippen molar-refractivity contribution in [2.45, 2.75) is 34.6 Å². The van der Waals surface area contributed by atoms with Crippen LogP contribution in [0.2, 0.25) is 0 Å². The van der Waals surface area contributed by atoms with Crippen LogP contribution in [-0.2, 0) is 0 Å². The number of nitrogen functional groups attached to an aromatic ring is 1. The summed E-state index contributed by atoms with van der Waals surface area (Å²) in [6.07, 6.45) is 3.44. The smallest absolute Gasteiger partial charge is 0.0663 e. The maximum atomic E-state index is 5.69. The third kappa shape index (κ3) is 3.27. The van der Waals surface area contributed by atoms with Crippen LogP contribution in [0.15, 0.2) is 18.5 Å². The number of pyridine rings is 1. The molecule has 0 amide bonds. The van der Waals surface area contributed by atoms with E-state index in [1.165, 1.54) is 0 Å². The van der Waals surface area contributed by atoms with Crippen molar-refractivity contribution in [2.24, 2.45) is 0 Å². The molecule has 0 unspecified atom stereocenters. The summed E-state index contributed by atoms with van der Waals surface area (Å²) in [4.78, 5) is 7.13. The van der Waals surface area contributed by atoms with Crippen molar-refractivity contribution in [1.82, 2.24) is 9.97 Å². The molecular weight excluding hydrogens is 186 g/mol. The number of hydrogen-bond donors (Lipinski definition) is 2. The fourth-order valence-electron chi connectivity index (χ4n) is 1.21. The molecule has 0 saturated heterocycles. The summed E-state index contributed by atoms with van der Waals surface area (Å²) in [5.74, 6) is 0. The number of rotatable bonds is 0. The highest BCUT2D eigenvalue weighted by molar-refractivity contribution is 5.90. The van der Waals surface area contributed by atoms with Gasteiger partial charge < -0.3 is 10.7 Å². The van der Waals surface area contributed by atoms with E-state index in [0.29, 0.717) is 0 Å². The Labute approximate surface area is 91.7 Å². The molecule has 3 nitrogen and oxygen atoms in total. The van der Waals surface area contributed by atoms with Gasteiger partial charge in [-0.05, 0) is 13.0 Å². The minimum atomic E-state index is 0.729. The highest BCUT2D eigenvalue weighted by Crippen LogP contribution is 2.19. The number of nitrogens with one attached hydrogen (secondary N) is 1. The average molecular weight is 207 g/mol. The minimum Gasteiger partial charge on any atom is -0.397 e. The molecular formula is C12H21N3. The quantitative estimate of drug-likeness (QED) is 0.694. The van der Waals surface area contributed by atoms with Crippen molar-refractivity contribution in [3.05, 3.63) is 24.2 Å². The van der Waals surface area contributed by atoms with Crippen LogP contribution in [0.1, 0.15) is 33.4 Å². The standard InChI is InChI=1S/C8H9N3.2C2H6/c1-5-2-6-7(9)3-10-4-8(6)11-5;2*1-2/h2-4,11H,9H2,1H3;2*1-2H3. The summed E-state index contributed by atoms with van der Waals surface area (Å²) < 4.78 is 0. The van der Waals surface area contributed by atoms with Crippen LogP contribution in [0.4, 0.5) is 5.69 Å². The Bertz CT molecular complexity index is 391. The van der Waals surface area contributed by atoms with E-state index in [1.54, 1.807) is 12.4 Å². The van der Waals surface area contributed by atoms with Gasteiger partial charge in [0.25, 0.3) is 0 Å². The fourth-order valence-corrected chi connectivity index (χ4v) is 1.21. The van der Waals surface area contributed by atoms with Gasteiger partial charge in [0.2, 0.25) is 0 Å². The lowest BCUT2D eigenvalue weighted by Crippen LogP contribution is -1.85. The number of anilines is 1. The lowest BCUT2D eigenvalue weighted by Gasteiger charge is -1.91. The Morgan fingerprint density at radius 2 is 1.73 bits per heavy atom. The van der Waals surface area contributed by atoms with Gasteiger partial charge in [0.1, 0.15) is 0 Å². The highest BCUT2D eigenvalue weighted by Gasteiger charge is 1.99. The van der Waals surface area contributed by atoms with Gasteiger partial charge in [0.15, 0.2) is 0 Å². The molecule has 3 N–H and O–H groups in total. The average Bonchev–Trinajstić information content (AvgIpc) is 2.66. The Balaban J connectivity index is 0.000000442. The first kappa shape index (κ1) is 13.5. The lowest BCUT2D eigenvalue weighted by molar-refractivity contribution is 1.28. The van der Waals surface area contributed by atoms with E-state index in [-0.39, 0.29) is 0 Å². The number of aromatic nitrogens is 2. The molecule has 2 aromatic heterocycles. The van der Waals surface area contributed by atoms with Crippen molar-refractivity contribution >= 4 is 16.6 Å². The van der Waals surface area contributed by atoms with E-state index < -0.39 is 0 Å². The van der Waals surface area contributed by atoms with Gasteiger partial charge in [-0.1, -0.05) is 27.7 Å². The Morgan fingerprint density at radius 3 is 2.27 bits per heavy atom. The first-order chi connectivity index (χ1) is 7.27. The molecule has 0 aliphatic heterocycles. The van der Waals surface area contributed by atoms with Gasteiger partial charge >= 0.3 is 0 Å². The van der Waals surface area contributed by atoms with Crippen molar-refractivity contribution in [3.8, 4) is 0 Å². The number of fused-ring (bicyclic) bond motifs is 1. The minimum absolute atomic E-state index is 0.729. The number of aryl methyl sites for hydroxylation is 1. The zero-order chi connectivity index (χ0) is 11.8. The third-order valence-corrected chi connectivity index (χ3v) is 1.71. The Hall–Kier alpha value is -1.51. The van der Waals surface area contributed by atoms with Gasteiger partial charge in [0.05, 0.1) is 23.6 Å². The Morgan fingerprint density at radius 1 is 1.13 bits per heavy atom. The van der Waals surface area contributed by atoms with Gasteiger partial charge in [-0.2, -0.15) is 0 Å². The molecule has 0 radical (unpaired) electrons. The third-order valence-electron chi connectivity index (χ3n) is 1.71. The Kier molecular flexibility index (Phi) is 6.18. The van der Waals surface area contributed by atoms with Crippen LogP contribution in [-0.4, -0.2) is 9.97 Å². The van der Waals surface area contributed by atoms with Crippen molar-refractivity contribution in [3.63, 3.8) is 0 Å². The van der Waals surface area contributed by atoms with E-state index in [1.807, 2.05) is 40.7 Å². The first-order valence-corrected chi connectivity index (χ1v) is 5.46. The van der Waals surface area contributed by atoms with Crippen LogP contribution in [0.25, 0.3) is 10.9 Å².